The van der Waals surface area contributed by atoms with Gasteiger partial charge in [0.25, 0.3) is 0 Å². The van der Waals surface area contributed by atoms with Crippen molar-refractivity contribution in [1.82, 2.24) is 4.98 Å². The molecule has 2 N–H and O–H groups in total. The summed E-state index contributed by atoms with van der Waals surface area (Å²) in [7, 11) is 5.74. The molecule has 0 saturated carbocycles. The van der Waals surface area contributed by atoms with Crippen LogP contribution in [0.15, 0.2) is 59.9 Å². The van der Waals surface area contributed by atoms with Gasteiger partial charge in [0.2, 0.25) is 0 Å². The Morgan fingerprint density at radius 3 is 2.61 bits per heavy atom. The van der Waals surface area contributed by atoms with Crippen LogP contribution in [-0.2, 0) is 0 Å². The topological polar surface area (TPSA) is 51.3 Å². The van der Waals surface area contributed by atoms with Crippen molar-refractivity contribution in [1.29, 1.82) is 0 Å². The van der Waals surface area contributed by atoms with E-state index in [0.29, 0.717) is 12.2 Å². The summed E-state index contributed by atoms with van der Waals surface area (Å²) in [5.74, 6) is 0.495. The molecule has 88 valence electrons. The maximum atomic E-state index is 5.98. The zero-order valence-corrected chi connectivity index (χ0v) is 10.0. The van der Waals surface area contributed by atoms with Gasteiger partial charge in [-0.15, -0.1) is 0 Å². The van der Waals surface area contributed by atoms with Gasteiger partial charge in [-0.2, -0.15) is 0 Å². The molecule has 3 nitrogen and oxygen atoms in total. The average molecular weight is 235 g/mol. The fourth-order valence-corrected chi connectivity index (χ4v) is 1.69. The predicted molar refractivity (Wildman–Crippen MR) is 74.7 cm³/mol. The maximum absolute atomic E-state index is 5.98. The Morgan fingerprint density at radius 1 is 1.22 bits per heavy atom. The van der Waals surface area contributed by atoms with Crippen LogP contribution in [0.1, 0.15) is 17.2 Å². The lowest BCUT2D eigenvalue weighted by atomic mass is 9.93. The molecule has 0 saturated heterocycles. The van der Waals surface area contributed by atoms with Gasteiger partial charge in [-0.25, -0.2) is 0 Å². The number of benzene rings is 1. The highest BCUT2D eigenvalue weighted by Gasteiger charge is 2.08. The SMILES string of the molecule is [B]CC(N=C(N)c1ccccc1)c1cccnc1. The standard InChI is InChI=1S/C14H14BN3/c15-9-13(12-7-4-8-17-10-12)18-14(16)11-5-2-1-3-6-11/h1-8,10,13H,9H2,(H2,16,18). The largest absolute Gasteiger partial charge is 0.383 e. The fourth-order valence-electron chi connectivity index (χ4n) is 1.69. The molecule has 0 bridgehead atoms. The molecule has 2 radical (unpaired) electrons. The predicted octanol–water partition coefficient (Wildman–Crippen LogP) is 2.12. The van der Waals surface area contributed by atoms with Crippen LogP contribution >= 0.6 is 0 Å². The summed E-state index contributed by atoms with van der Waals surface area (Å²) in [4.78, 5) is 8.53. The summed E-state index contributed by atoms with van der Waals surface area (Å²) in [6, 6.07) is 13.3. The second kappa shape index (κ2) is 6.01. The van der Waals surface area contributed by atoms with Crippen molar-refractivity contribution >= 4 is 13.7 Å². The third kappa shape index (κ3) is 2.97. The molecule has 0 aliphatic rings. The zero-order valence-electron chi connectivity index (χ0n) is 10.0. The van der Waals surface area contributed by atoms with E-state index >= 15 is 0 Å². The highest BCUT2D eigenvalue weighted by Crippen LogP contribution is 2.19. The summed E-state index contributed by atoms with van der Waals surface area (Å²) < 4.78 is 0. The van der Waals surface area contributed by atoms with Gasteiger partial charge in [-0.05, 0) is 11.6 Å². The quantitative estimate of drug-likeness (QED) is 0.501. The van der Waals surface area contributed by atoms with Crippen LogP contribution in [-0.4, -0.2) is 18.7 Å². The molecule has 1 heterocycles. The van der Waals surface area contributed by atoms with E-state index in [4.69, 9.17) is 13.6 Å². The smallest absolute Gasteiger partial charge is 0.126 e. The highest BCUT2D eigenvalue weighted by molar-refractivity contribution is 6.09. The molecule has 1 aromatic carbocycles. The summed E-state index contributed by atoms with van der Waals surface area (Å²) >= 11 is 0. The third-order valence-corrected chi connectivity index (χ3v) is 2.66. The summed E-state index contributed by atoms with van der Waals surface area (Å²) in [6.07, 6.45) is 3.89. The van der Waals surface area contributed by atoms with Crippen molar-refractivity contribution in [2.45, 2.75) is 12.4 Å². The Bertz CT molecular complexity index is 511. The Kier molecular flexibility index (Phi) is 4.13. The first-order valence-electron chi connectivity index (χ1n) is 5.80. The van der Waals surface area contributed by atoms with Gasteiger partial charge in [0.05, 0.1) is 13.9 Å². The van der Waals surface area contributed by atoms with Gasteiger partial charge >= 0.3 is 0 Å². The molecular formula is C14H14BN3. The lowest BCUT2D eigenvalue weighted by molar-refractivity contribution is 0.810. The number of nitrogens with zero attached hydrogens (tertiary/aromatic N) is 2. The van der Waals surface area contributed by atoms with Crippen LogP contribution in [0.5, 0.6) is 0 Å². The number of aromatic nitrogens is 1. The Labute approximate surface area is 108 Å². The number of hydrogen-bond donors (Lipinski definition) is 1. The number of pyridine rings is 1. The second-order valence-corrected chi connectivity index (χ2v) is 3.92. The van der Waals surface area contributed by atoms with Crippen molar-refractivity contribution in [3.05, 3.63) is 66.0 Å². The van der Waals surface area contributed by atoms with Gasteiger partial charge in [0, 0.05) is 18.0 Å². The molecular weight excluding hydrogens is 221 g/mol. The van der Waals surface area contributed by atoms with Crippen molar-refractivity contribution in [2.24, 2.45) is 10.7 Å². The minimum absolute atomic E-state index is 0.154. The first kappa shape index (κ1) is 12.4. The van der Waals surface area contributed by atoms with Crippen LogP contribution in [0.4, 0.5) is 0 Å². The molecule has 2 rings (SSSR count). The van der Waals surface area contributed by atoms with Gasteiger partial charge in [-0.3, -0.25) is 9.98 Å². The third-order valence-electron chi connectivity index (χ3n) is 2.66. The number of hydrogen-bond acceptors (Lipinski definition) is 2. The lowest BCUT2D eigenvalue weighted by Crippen LogP contribution is -2.15. The van der Waals surface area contributed by atoms with E-state index in [1.165, 1.54) is 0 Å². The van der Waals surface area contributed by atoms with Crippen LogP contribution in [0.2, 0.25) is 6.32 Å². The minimum Gasteiger partial charge on any atom is -0.383 e. The van der Waals surface area contributed by atoms with Crippen LogP contribution < -0.4 is 5.73 Å². The van der Waals surface area contributed by atoms with Gasteiger partial charge in [0.1, 0.15) is 5.84 Å². The minimum atomic E-state index is -0.154. The number of rotatable bonds is 4. The molecule has 1 unspecified atom stereocenters. The Balaban J connectivity index is 2.25. The van der Waals surface area contributed by atoms with E-state index in [9.17, 15) is 0 Å². The van der Waals surface area contributed by atoms with E-state index in [1.54, 1.807) is 12.4 Å². The molecule has 1 atom stereocenters. The summed E-state index contributed by atoms with van der Waals surface area (Å²) in [6.45, 7) is 0. The number of amidine groups is 1. The lowest BCUT2D eigenvalue weighted by Gasteiger charge is -2.11. The zero-order chi connectivity index (χ0) is 12.8. The van der Waals surface area contributed by atoms with Crippen LogP contribution in [0.3, 0.4) is 0 Å². The van der Waals surface area contributed by atoms with E-state index in [0.717, 1.165) is 11.1 Å². The summed E-state index contributed by atoms with van der Waals surface area (Å²) in [5.41, 5.74) is 7.86. The summed E-state index contributed by atoms with van der Waals surface area (Å²) in [5, 5.41) is 0. The molecule has 0 aliphatic carbocycles. The van der Waals surface area contributed by atoms with E-state index in [2.05, 4.69) is 9.98 Å². The van der Waals surface area contributed by atoms with Gasteiger partial charge < -0.3 is 5.73 Å². The normalized spacial score (nSPS) is 13.2. The first-order chi connectivity index (χ1) is 8.81. The fraction of sp³-hybridized carbons (Fsp3) is 0.143. The highest BCUT2D eigenvalue weighted by atomic mass is 14.9. The maximum Gasteiger partial charge on any atom is 0.126 e. The van der Waals surface area contributed by atoms with Crippen molar-refractivity contribution < 1.29 is 0 Å². The van der Waals surface area contributed by atoms with Gasteiger partial charge in [-0.1, -0.05) is 42.7 Å². The number of aliphatic imine (C=N–C) groups is 1. The average Bonchev–Trinajstić information content (AvgIpc) is 2.46. The first-order valence-corrected chi connectivity index (χ1v) is 5.80. The Morgan fingerprint density at radius 2 is 2.00 bits per heavy atom. The molecule has 0 amide bonds. The molecule has 0 aliphatic heterocycles. The molecule has 18 heavy (non-hydrogen) atoms. The molecule has 0 spiro atoms. The number of nitrogens with two attached hydrogens (primary N) is 1. The molecule has 1 aromatic heterocycles. The van der Waals surface area contributed by atoms with Crippen molar-refractivity contribution in [2.75, 3.05) is 0 Å². The molecule has 4 heteroatoms. The second-order valence-electron chi connectivity index (χ2n) is 3.92. The van der Waals surface area contributed by atoms with Crippen molar-refractivity contribution in [3.8, 4) is 0 Å². The van der Waals surface area contributed by atoms with Gasteiger partial charge in [0.15, 0.2) is 0 Å². The van der Waals surface area contributed by atoms with Crippen molar-refractivity contribution in [3.63, 3.8) is 0 Å². The van der Waals surface area contributed by atoms with Crippen LogP contribution in [0, 0.1) is 0 Å². The van der Waals surface area contributed by atoms with E-state index < -0.39 is 0 Å². The molecule has 0 fully saturated rings. The molecule has 2 aromatic rings. The van der Waals surface area contributed by atoms with E-state index in [1.807, 2.05) is 42.5 Å². The monoisotopic (exact) mass is 235 g/mol. The van der Waals surface area contributed by atoms with Crippen LogP contribution in [0.25, 0.3) is 0 Å². The Hall–Kier alpha value is -2.10. The van der Waals surface area contributed by atoms with E-state index in [-0.39, 0.29) is 6.04 Å².